The van der Waals surface area contributed by atoms with E-state index >= 15 is 0 Å². The van der Waals surface area contributed by atoms with Crippen LogP contribution >= 0.6 is 0 Å². The molecule has 2 aromatic carbocycles. The number of rotatable bonds is 6. The third-order valence-electron chi connectivity index (χ3n) is 3.12. The van der Waals surface area contributed by atoms with Crippen molar-refractivity contribution in [1.82, 2.24) is 0 Å². The molecule has 0 aliphatic carbocycles. The second-order valence-corrected chi connectivity index (χ2v) is 4.70. The van der Waals surface area contributed by atoms with E-state index in [1.54, 1.807) is 19.2 Å². The minimum absolute atomic E-state index is 0.142. The fraction of sp³-hybridized carbons (Fsp3) is 0.235. The van der Waals surface area contributed by atoms with E-state index in [9.17, 15) is 9.90 Å². The Hall–Kier alpha value is -2.53. The van der Waals surface area contributed by atoms with Crippen LogP contribution in [0.3, 0.4) is 0 Å². The molecule has 1 N–H and O–H groups in total. The lowest BCUT2D eigenvalue weighted by Crippen LogP contribution is -2.13. The molecule has 1 amide bonds. The van der Waals surface area contributed by atoms with E-state index in [1.807, 2.05) is 36.4 Å². The van der Waals surface area contributed by atoms with Gasteiger partial charge < -0.3 is 9.47 Å². The number of ether oxygens (including phenoxy) is 2. The van der Waals surface area contributed by atoms with Gasteiger partial charge in [-0.25, -0.2) is 9.90 Å². The summed E-state index contributed by atoms with van der Waals surface area (Å²) >= 11 is 0. The molecule has 0 heterocycles. The highest BCUT2D eigenvalue weighted by molar-refractivity contribution is 5.84. The van der Waals surface area contributed by atoms with Gasteiger partial charge in [-0.2, -0.15) is 0 Å². The Morgan fingerprint density at radius 2 is 1.64 bits per heavy atom. The van der Waals surface area contributed by atoms with Crippen molar-refractivity contribution in [3.63, 3.8) is 0 Å². The summed E-state index contributed by atoms with van der Waals surface area (Å²) in [5.41, 5.74) is 2.46. The lowest BCUT2D eigenvalue weighted by atomic mass is 10.1. The third kappa shape index (κ3) is 4.79. The standard InChI is InChI=1S/C17H18NO4/c1-21-16-8-4-14(5-9-16)12-22-17(20)18-15-6-2-13(3-7-15)10-11-19/h2-9H,10-12H2,1H3,(H,18,20). The predicted molar refractivity (Wildman–Crippen MR) is 82.5 cm³/mol. The summed E-state index contributed by atoms with van der Waals surface area (Å²) in [7, 11) is 1.60. The summed E-state index contributed by atoms with van der Waals surface area (Å²) < 4.78 is 10.2. The second kappa shape index (κ2) is 8.05. The smallest absolute Gasteiger partial charge is 0.411 e. The van der Waals surface area contributed by atoms with Crippen LogP contribution in [0, 0.1) is 0 Å². The van der Waals surface area contributed by atoms with Crippen LogP contribution in [0.5, 0.6) is 5.75 Å². The number of amides is 1. The Labute approximate surface area is 129 Å². The minimum Gasteiger partial charge on any atom is -0.497 e. The summed E-state index contributed by atoms with van der Waals surface area (Å²) in [6.45, 7) is 0.0424. The summed E-state index contributed by atoms with van der Waals surface area (Å²) in [5, 5.41) is 13.2. The van der Waals surface area contributed by atoms with Crippen molar-refractivity contribution in [3.05, 3.63) is 59.7 Å². The third-order valence-corrected chi connectivity index (χ3v) is 3.12. The lowest BCUT2D eigenvalue weighted by Gasteiger charge is -2.08. The first kappa shape index (κ1) is 15.9. The summed E-state index contributed by atoms with van der Waals surface area (Å²) in [5.74, 6) is 0.756. The van der Waals surface area contributed by atoms with E-state index in [0.717, 1.165) is 16.9 Å². The van der Waals surface area contributed by atoms with Crippen LogP contribution in [0.1, 0.15) is 11.1 Å². The average Bonchev–Trinajstić information content (AvgIpc) is 2.55. The van der Waals surface area contributed by atoms with Crippen LogP contribution in [0.15, 0.2) is 48.5 Å². The molecule has 0 aliphatic rings. The molecule has 0 aliphatic heterocycles. The van der Waals surface area contributed by atoms with Crippen molar-refractivity contribution in [3.8, 4) is 5.75 Å². The molecule has 0 bridgehead atoms. The molecule has 5 heteroatoms. The zero-order valence-electron chi connectivity index (χ0n) is 12.4. The van der Waals surface area contributed by atoms with E-state index < -0.39 is 6.09 Å². The first-order valence-corrected chi connectivity index (χ1v) is 6.95. The summed E-state index contributed by atoms with van der Waals surface area (Å²) in [6, 6.07) is 14.4. The van der Waals surface area contributed by atoms with Gasteiger partial charge in [-0.1, -0.05) is 24.3 Å². The molecule has 0 spiro atoms. The molecule has 2 aromatic rings. The van der Waals surface area contributed by atoms with Crippen LogP contribution in [-0.2, 0) is 22.9 Å². The van der Waals surface area contributed by atoms with E-state index in [4.69, 9.17) is 9.47 Å². The van der Waals surface area contributed by atoms with E-state index in [0.29, 0.717) is 12.1 Å². The van der Waals surface area contributed by atoms with Gasteiger partial charge in [-0.05, 0) is 41.8 Å². The van der Waals surface area contributed by atoms with Gasteiger partial charge >= 0.3 is 6.09 Å². The molecule has 1 radical (unpaired) electrons. The molecule has 115 valence electrons. The number of nitrogens with one attached hydrogen (secondary N) is 1. The van der Waals surface area contributed by atoms with Crippen molar-refractivity contribution >= 4 is 11.8 Å². The van der Waals surface area contributed by atoms with E-state index in [1.165, 1.54) is 0 Å². The molecule has 5 nitrogen and oxygen atoms in total. The maximum Gasteiger partial charge on any atom is 0.411 e. The van der Waals surface area contributed by atoms with Crippen LogP contribution in [-0.4, -0.2) is 19.8 Å². The molecule has 0 aromatic heterocycles. The molecule has 0 fully saturated rings. The number of carbonyl (C=O) groups excluding carboxylic acids is 1. The van der Waals surface area contributed by atoms with Crippen molar-refractivity contribution < 1.29 is 19.4 Å². The maximum absolute atomic E-state index is 11.7. The van der Waals surface area contributed by atoms with Crippen LogP contribution in [0.4, 0.5) is 10.5 Å². The topological polar surface area (TPSA) is 67.5 Å². The number of methoxy groups -OCH3 is 1. The largest absolute Gasteiger partial charge is 0.497 e. The Morgan fingerprint density at radius 1 is 1.00 bits per heavy atom. The molecule has 0 atom stereocenters. The van der Waals surface area contributed by atoms with Gasteiger partial charge in [0.15, 0.2) is 0 Å². The zero-order chi connectivity index (χ0) is 15.8. The quantitative estimate of drug-likeness (QED) is 0.888. The number of hydrogen-bond donors (Lipinski definition) is 1. The lowest BCUT2D eigenvalue weighted by molar-refractivity contribution is 0.155. The Balaban J connectivity index is 1.81. The SMILES string of the molecule is COc1ccc(COC(=O)Nc2ccc(CC[O])cc2)cc1. The number of carbonyl (C=O) groups is 1. The fourth-order valence-electron chi connectivity index (χ4n) is 1.90. The molecule has 0 unspecified atom stereocenters. The van der Waals surface area contributed by atoms with E-state index in [2.05, 4.69) is 5.32 Å². The van der Waals surface area contributed by atoms with Crippen molar-refractivity contribution in [2.75, 3.05) is 19.0 Å². The van der Waals surface area contributed by atoms with Crippen molar-refractivity contribution in [1.29, 1.82) is 0 Å². The molecule has 0 saturated carbocycles. The highest BCUT2D eigenvalue weighted by atomic mass is 16.5. The zero-order valence-corrected chi connectivity index (χ0v) is 12.4. The van der Waals surface area contributed by atoms with Gasteiger partial charge in [-0.15, -0.1) is 0 Å². The number of benzene rings is 2. The molecule has 2 rings (SSSR count). The van der Waals surface area contributed by atoms with E-state index in [-0.39, 0.29) is 13.2 Å². The Kier molecular flexibility index (Phi) is 5.80. The summed E-state index contributed by atoms with van der Waals surface area (Å²) in [6.07, 6.45) is -0.0326. The molecule has 0 saturated heterocycles. The van der Waals surface area contributed by atoms with Gasteiger partial charge in [0.25, 0.3) is 0 Å². The van der Waals surface area contributed by atoms with Gasteiger partial charge in [0.2, 0.25) is 0 Å². The second-order valence-electron chi connectivity index (χ2n) is 4.70. The maximum atomic E-state index is 11.7. The summed E-state index contributed by atoms with van der Waals surface area (Å²) in [4.78, 5) is 11.7. The minimum atomic E-state index is -0.521. The first-order chi connectivity index (χ1) is 10.7. The van der Waals surface area contributed by atoms with Gasteiger partial charge in [-0.3, -0.25) is 5.32 Å². The molecule has 22 heavy (non-hydrogen) atoms. The van der Waals surface area contributed by atoms with Crippen molar-refractivity contribution in [2.24, 2.45) is 0 Å². The average molecular weight is 300 g/mol. The number of hydrogen-bond acceptors (Lipinski definition) is 3. The monoisotopic (exact) mass is 300 g/mol. The Morgan fingerprint density at radius 3 is 2.23 bits per heavy atom. The highest BCUT2D eigenvalue weighted by Gasteiger charge is 2.04. The van der Waals surface area contributed by atoms with Gasteiger partial charge in [0.05, 0.1) is 13.7 Å². The van der Waals surface area contributed by atoms with Crippen LogP contribution in [0.25, 0.3) is 0 Å². The van der Waals surface area contributed by atoms with Gasteiger partial charge in [0, 0.05) is 5.69 Å². The van der Waals surface area contributed by atoms with Crippen molar-refractivity contribution in [2.45, 2.75) is 13.0 Å². The number of anilines is 1. The Bertz CT molecular complexity index is 593. The molecular weight excluding hydrogens is 282 g/mol. The first-order valence-electron chi connectivity index (χ1n) is 6.95. The van der Waals surface area contributed by atoms with Gasteiger partial charge in [0.1, 0.15) is 12.4 Å². The van der Waals surface area contributed by atoms with Crippen LogP contribution < -0.4 is 10.1 Å². The van der Waals surface area contributed by atoms with Crippen LogP contribution in [0.2, 0.25) is 0 Å². The normalized spacial score (nSPS) is 10.1. The predicted octanol–water partition coefficient (Wildman–Crippen LogP) is 3.42. The fourth-order valence-corrected chi connectivity index (χ4v) is 1.90. The molecular formula is C17H18NO4. The highest BCUT2D eigenvalue weighted by Crippen LogP contribution is 2.13.